The molecule has 2 aliphatic carbocycles. The Hall–Kier alpha value is -0.0800. The molecular weight excluding hydrogens is 152 g/mol. The highest BCUT2D eigenvalue weighted by molar-refractivity contribution is 5.01. The second kappa shape index (κ2) is 2.24. The van der Waals surface area contributed by atoms with Crippen molar-refractivity contribution in [2.45, 2.75) is 50.7 Å². The number of hydrogen-bond acceptors (Lipinski definition) is 2. The van der Waals surface area contributed by atoms with Crippen LogP contribution >= 0.6 is 0 Å². The normalized spacial score (nSPS) is 59.0. The molecule has 2 fully saturated rings. The minimum Gasteiger partial charge on any atom is -0.390 e. The number of aliphatic hydroxyl groups is 2. The highest BCUT2D eigenvalue weighted by Gasteiger charge is 2.49. The van der Waals surface area contributed by atoms with Crippen LogP contribution in [0.1, 0.15) is 39.5 Å². The first-order valence-corrected chi connectivity index (χ1v) is 4.83. The highest BCUT2D eigenvalue weighted by Crippen LogP contribution is 2.51. The van der Waals surface area contributed by atoms with Crippen LogP contribution in [-0.4, -0.2) is 21.4 Å². The fourth-order valence-electron chi connectivity index (χ4n) is 3.24. The molecule has 0 aliphatic heterocycles. The van der Waals surface area contributed by atoms with E-state index in [0.717, 1.165) is 25.7 Å². The monoisotopic (exact) mass is 170 g/mol. The van der Waals surface area contributed by atoms with Crippen LogP contribution in [0.3, 0.4) is 0 Å². The third-order valence-corrected chi connectivity index (χ3v) is 3.47. The van der Waals surface area contributed by atoms with E-state index in [1.54, 1.807) is 0 Å². The molecule has 0 radical (unpaired) electrons. The summed E-state index contributed by atoms with van der Waals surface area (Å²) in [5.41, 5.74) is -0.905. The van der Waals surface area contributed by atoms with Crippen molar-refractivity contribution >= 4 is 0 Å². The Morgan fingerprint density at radius 2 is 1.08 bits per heavy atom. The van der Waals surface area contributed by atoms with Crippen molar-refractivity contribution in [3.63, 3.8) is 0 Å². The first-order valence-electron chi connectivity index (χ1n) is 4.83. The Morgan fingerprint density at radius 3 is 1.33 bits per heavy atom. The van der Waals surface area contributed by atoms with Crippen LogP contribution in [0.5, 0.6) is 0 Å². The third-order valence-electron chi connectivity index (χ3n) is 3.47. The van der Waals surface area contributed by atoms with Crippen molar-refractivity contribution in [3.8, 4) is 0 Å². The molecule has 2 N–H and O–H groups in total. The zero-order valence-electron chi connectivity index (χ0n) is 7.88. The third kappa shape index (κ3) is 1.38. The van der Waals surface area contributed by atoms with E-state index in [0.29, 0.717) is 11.8 Å². The van der Waals surface area contributed by atoms with Gasteiger partial charge in [0.1, 0.15) is 0 Å². The molecule has 12 heavy (non-hydrogen) atoms. The number of rotatable bonds is 0. The minimum atomic E-state index is -0.453. The molecule has 2 nitrogen and oxygen atoms in total. The summed E-state index contributed by atoms with van der Waals surface area (Å²) in [4.78, 5) is 0. The van der Waals surface area contributed by atoms with Gasteiger partial charge >= 0.3 is 0 Å². The molecule has 0 saturated heterocycles. The molecule has 70 valence electrons. The Morgan fingerprint density at radius 1 is 0.833 bits per heavy atom. The first-order chi connectivity index (χ1) is 5.38. The van der Waals surface area contributed by atoms with Gasteiger partial charge in [-0.15, -0.1) is 0 Å². The smallest absolute Gasteiger partial charge is 0.0625 e. The summed E-state index contributed by atoms with van der Waals surface area (Å²) in [7, 11) is 0. The molecule has 0 amide bonds. The van der Waals surface area contributed by atoms with Crippen LogP contribution < -0.4 is 0 Å². The zero-order valence-corrected chi connectivity index (χ0v) is 7.88. The second-order valence-corrected chi connectivity index (χ2v) is 5.33. The van der Waals surface area contributed by atoms with Crippen molar-refractivity contribution in [2.75, 3.05) is 0 Å². The molecule has 2 heteroatoms. The van der Waals surface area contributed by atoms with Gasteiger partial charge in [-0.1, -0.05) is 0 Å². The average molecular weight is 170 g/mol. The van der Waals surface area contributed by atoms with Gasteiger partial charge in [-0.25, -0.2) is 0 Å². The summed E-state index contributed by atoms with van der Waals surface area (Å²) < 4.78 is 0. The quantitative estimate of drug-likeness (QED) is 0.575. The summed E-state index contributed by atoms with van der Waals surface area (Å²) in [6, 6.07) is 0. The van der Waals surface area contributed by atoms with Crippen molar-refractivity contribution in [1.82, 2.24) is 0 Å². The first kappa shape index (κ1) is 8.52. The Labute approximate surface area is 73.6 Å². The van der Waals surface area contributed by atoms with Gasteiger partial charge in [-0.05, 0) is 51.4 Å². The van der Waals surface area contributed by atoms with Gasteiger partial charge in [0, 0.05) is 0 Å². The maximum Gasteiger partial charge on any atom is 0.0625 e. The summed E-state index contributed by atoms with van der Waals surface area (Å²) in [5, 5.41) is 19.6. The van der Waals surface area contributed by atoms with E-state index >= 15 is 0 Å². The molecule has 0 heterocycles. The van der Waals surface area contributed by atoms with Crippen molar-refractivity contribution in [2.24, 2.45) is 11.8 Å². The summed E-state index contributed by atoms with van der Waals surface area (Å²) >= 11 is 0. The van der Waals surface area contributed by atoms with Crippen molar-refractivity contribution in [3.05, 3.63) is 0 Å². The largest absolute Gasteiger partial charge is 0.390 e. The van der Waals surface area contributed by atoms with Crippen LogP contribution in [0.15, 0.2) is 0 Å². The molecule has 0 aromatic heterocycles. The van der Waals surface area contributed by atoms with E-state index in [1.165, 1.54) is 0 Å². The molecule has 0 bridgehead atoms. The SMILES string of the molecule is CC1(O)CC2CC(C)(O)CC2C1. The van der Waals surface area contributed by atoms with Crippen LogP contribution in [0.4, 0.5) is 0 Å². The van der Waals surface area contributed by atoms with Crippen LogP contribution in [0.25, 0.3) is 0 Å². The lowest BCUT2D eigenvalue weighted by molar-refractivity contribution is 0.0249. The Bertz CT molecular complexity index is 158. The number of hydrogen-bond donors (Lipinski definition) is 2. The summed E-state index contributed by atoms with van der Waals surface area (Å²) in [5.74, 6) is 1.13. The summed E-state index contributed by atoms with van der Waals surface area (Å²) in [6.07, 6.45) is 3.53. The Kier molecular flexibility index (Phi) is 1.59. The standard InChI is InChI=1S/C10H18O2/c1-9(11)3-7-5-10(2,12)6-8(7)4-9/h7-8,11-12H,3-6H2,1-2H3. The fraction of sp³-hybridized carbons (Fsp3) is 1.00. The van der Waals surface area contributed by atoms with Gasteiger partial charge in [-0.3, -0.25) is 0 Å². The summed E-state index contributed by atoms with van der Waals surface area (Å²) in [6.45, 7) is 3.83. The highest BCUT2D eigenvalue weighted by atomic mass is 16.3. The van der Waals surface area contributed by atoms with Crippen LogP contribution in [-0.2, 0) is 0 Å². The fourth-order valence-corrected chi connectivity index (χ4v) is 3.24. The molecule has 0 unspecified atom stereocenters. The predicted octanol–water partition coefficient (Wildman–Crippen LogP) is 1.31. The van der Waals surface area contributed by atoms with E-state index in [2.05, 4.69) is 0 Å². The lowest BCUT2D eigenvalue weighted by Gasteiger charge is -2.22. The van der Waals surface area contributed by atoms with E-state index in [-0.39, 0.29) is 0 Å². The lowest BCUT2D eigenvalue weighted by atomic mass is 9.95. The molecule has 2 rings (SSSR count). The molecule has 0 spiro atoms. The lowest BCUT2D eigenvalue weighted by Crippen LogP contribution is -2.25. The molecule has 0 aromatic rings. The van der Waals surface area contributed by atoms with Crippen LogP contribution in [0, 0.1) is 11.8 Å². The van der Waals surface area contributed by atoms with Gasteiger partial charge < -0.3 is 10.2 Å². The molecule has 0 aromatic carbocycles. The average Bonchev–Trinajstić information content (AvgIpc) is 2.12. The zero-order chi connectivity index (χ0) is 8.98. The van der Waals surface area contributed by atoms with Crippen molar-refractivity contribution < 1.29 is 10.2 Å². The Balaban J connectivity index is 2.07. The van der Waals surface area contributed by atoms with Gasteiger partial charge in [-0.2, -0.15) is 0 Å². The molecule has 0 atom stereocenters. The maximum atomic E-state index is 9.79. The van der Waals surface area contributed by atoms with E-state index < -0.39 is 11.2 Å². The molecule has 2 saturated carbocycles. The van der Waals surface area contributed by atoms with Gasteiger partial charge in [0.15, 0.2) is 0 Å². The van der Waals surface area contributed by atoms with Crippen LogP contribution in [0.2, 0.25) is 0 Å². The predicted molar refractivity (Wildman–Crippen MR) is 46.7 cm³/mol. The van der Waals surface area contributed by atoms with E-state index in [4.69, 9.17) is 0 Å². The minimum absolute atomic E-state index is 0.453. The van der Waals surface area contributed by atoms with Gasteiger partial charge in [0.05, 0.1) is 11.2 Å². The van der Waals surface area contributed by atoms with Crippen molar-refractivity contribution in [1.29, 1.82) is 0 Å². The number of fused-ring (bicyclic) bond motifs is 1. The van der Waals surface area contributed by atoms with Gasteiger partial charge in [0.25, 0.3) is 0 Å². The molecular formula is C10H18O2. The van der Waals surface area contributed by atoms with E-state index in [9.17, 15) is 10.2 Å². The topological polar surface area (TPSA) is 40.5 Å². The molecule has 2 aliphatic rings. The van der Waals surface area contributed by atoms with Gasteiger partial charge in [0.2, 0.25) is 0 Å². The maximum absolute atomic E-state index is 9.79. The second-order valence-electron chi connectivity index (χ2n) is 5.33. The van der Waals surface area contributed by atoms with E-state index in [1.807, 2.05) is 13.8 Å².